The molecule has 23 heavy (non-hydrogen) atoms. The number of piperidine rings is 1. The van der Waals surface area contributed by atoms with Crippen molar-refractivity contribution in [3.05, 3.63) is 18.2 Å². The first-order chi connectivity index (χ1) is 11.2. The first kappa shape index (κ1) is 16.2. The lowest BCUT2D eigenvalue weighted by Gasteiger charge is -2.35. The molecule has 124 valence electrons. The molecule has 1 aromatic heterocycles. The number of thioether (sulfide) groups is 1. The molecule has 0 saturated carbocycles. The SMILES string of the molecule is CCC1CCCCN1C(=O)CSc1nc2ccc(OC)cc2[nH]1. The maximum absolute atomic E-state index is 12.5. The Morgan fingerprint density at radius 1 is 1.48 bits per heavy atom. The summed E-state index contributed by atoms with van der Waals surface area (Å²) in [6.07, 6.45) is 4.54. The highest BCUT2D eigenvalue weighted by Gasteiger charge is 2.25. The van der Waals surface area contributed by atoms with Crippen LogP contribution in [0.3, 0.4) is 0 Å². The molecule has 1 N–H and O–H groups in total. The van der Waals surface area contributed by atoms with E-state index in [4.69, 9.17) is 4.74 Å². The second-order valence-corrected chi connectivity index (χ2v) is 6.82. The molecule has 6 heteroatoms. The van der Waals surface area contributed by atoms with Crippen molar-refractivity contribution in [1.82, 2.24) is 14.9 Å². The highest BCUT2D eigenvalue weighted by atomic mass is 32.2. The molecule has 2 aromatic rings. The molecule has 0 aliphatic carbocycles. The van der Waals surface area contributed by atoms with E-state index in [9.17, 15) is 4.79 Å². The molecular formula is C17H23N3O2S. The zero-order valence-electron chi connectivity index (χ0n) is 13.7. The van der Waals surface area contributed by atoms with Gasteiger partial charge in [-0.05, 0) is 37.8 Å². The fourth-order valence-corrected chi connectivity index (χ4v) is 3.90. The van der Waals surface area contributed by atoms with Crippen molar-refractivity contribution in [2.24, 2.45) is 0 Å². The Hall–Kier alpha value is -1.69. The predicted octanol–water partition coefficient (Wildman–Crippen LogP) is 3.45. The smallest absolute Gasteiger partial charge is 0.233 e. The fourth-order valence-electron chi connectivity index (χ4n) is 3.13. The first-order valence-electron chi connectivity index (χ1n) is 8.17. The van der Waals surface area contributed by atoms with Gasteiger partial charge in [-0.2, -0.15) is 0 Å². The van der Waals surface area contributed by atoms with Gasteiger partial charge in [-0.25, -0.2) is 4.98 Å². The van der Waals surface area contributed by atoms with Crippen LogP contribution in [0.4, 0.5) is 0 Å². The van der Waals surface area contributed by atoms with Crippen LogP contribution in [0.25, 0.3) is 11.0 Å². The Labute approximate surface area is 140 Å². The zero-order chi connectivity index (χ0) is 16.2. The average Bonchev–Trinajstić information content (AvgIpc) is 3.01. The van der Waals surface area contributed by atoms with E-state index in [1.54, 1.807) is 7.11 Å². The Morgan fingerprint density at radius 2 is 2.35 bits per heavy atom. The van der Waals surface area contributed by atoms with E-state index in [-0.39, 0.29) is 5.91 Å². The van der Waals surface area contributed by atoms with E-state index in [1.165, 1.54) is 18.2 Å². The number of methoxy groups -OCH3 is 1. The monoisotopic (exact) mass is 333 g/mol. The van der Waals surface area contributed by atoms with E-state index >= 15 is 0 Å². The topological polar surface area (TPSA) is 58.2 Å². The third-order valence-electron chi connectivity index (χ3n) is 4.42. The van der Waals surface area contributed by atoms with Gasteiger partial charge in [-0.1, -0.05) is 18.7 Å². The lowest BCUT2D eigenvalue weighted by molar-refractivity contribution is -0.132. The van der Waals surface area contributed by atoms with Gasteiger partial charge in [0.05, 0.1) is 23.9 Å². The second-order valence-electron chi connectivity index (χ2n) is 5.86. The van der Waals surface area contributed by atoms with Crippen LogP contribution in [-0.2, 0) is 4.79 Å². The molecule has 0 bridgehead atoms. The average molecular weight is 333 g/mol. The lowest BCUT2D eigenvalue weighted by atomic mass is 10.0. The largest absolute Gasteiger partial charge is 0.497 e. The Kier molecular flexibility index (Phi) is 5.10. The van der Waals surface area contributed by atoms with Crippen molar-refractivity contribution in [2.45, 2.75) is 43.8 Å². The van der Waals surface area contributed by atoms with Gasteiger partial charge in [0.1, 0.15) is 5.75 Å². The third kappa shape index (κ3) is 3.63. The number of aromatic nitrogens is 2. The fraction of sp³-hybridized carbons (Fsp3) is 0.529. The summed E-state index contributed by atoms with van der Waals surface area (Å²) in [7, 11) is 1.65. The number of hydrogen-bond acceptors (Lipinski definition) is 4. The minimum atomic E-state index is 0.222. The van der Waals surface area contributed by atoms with Crippen LogP contribution in [0.1, 0.15) is 32.6 Å². The Balaban J connectivity index is 1.64. The van der Waals surface area contributed by atoms with Crippen molar-refractivity contribution in [3.63, 3.8) is 0 Å². The summed E-state index contributed by atoms with van der Waals surface area (Å²) in [6, 6.07) is 6.15. The number of likely N-dealkylation sites (tertiary alicyclic amines) is 1. The number of hydrogen-bond donors (Lipinski definition) is 1. The minimum absolute atomic E-state index is 0.222. The van der Waals surface area contributed by atoms with Crippen LogP contribution in [-0.4, -0.2) is 46.2 Å². The number of carbonyl (C=O) groups excluding carboxylic acids is 1. The highest BCUT2D eigenvalue weighted by molar-refractivity contribution is 7.99. The molecule has 1 aliphatic rings. The van der Waals surface area contributed by atoms with E-state index in [0.717, 1.165) is 47.7 Å². The van der Waals surface area contributed by atoms with Crippen LogP contribution in [0, 0.1) is 0 Å². The quantitative estimate of drug-likeness (QED) is 0.852. The number of aromatic amines is 1. The Morgan fingerprint density at radius 3 is 3.13 bits per heavy atom. The van der Waals surface area contributed by atoms with E-state index in [0.29, 0.717) is 11.8 Å². The number of fused-ring (bicyclic) bond motifs is 1. The van der Waals surface area contributed by atoms with Crippen LogP contribution >= 0.6 is 11.8 Å². The van der Waals surface area contributed by atoms with Crippen LogP contribution in [0.5, 0.6) is 5.75 Å². The second kappa shape index (κ2) is 7.25. The summed E-state index contributed by atoms with van der Waals surface area (Å²) in [4.78, 5) is 22.3. The molecule has 2 heterocycles. The van der Waals surface area contributed by atoms with Crippen molar-refractivity contribution in [1.29, 1.82) is 0 Å². The Bertz CT molecular complexity index is 686. The number of imidazole rings is 1. The molecule has 1 atom stereocenters. The molecule has 1 aromatic carbocycles. The predicted molar refractivity (Wildman–Crippen MR) is 93.0 cm³/mol. The molecule has 1 aliphatic heterocycles. The maximum atomic E-state index is 12.5. The van der Waals surface area contributed by atoms with E-state index in [2.05, 4.69) is 21.8 Å². The standard InChI is InChI=1S/C17H23N3O2S/c1-3-12-6-4-5-9-20(12)16(21)11-23-17-18-14-8-7-13(22-2)10-15(14)19-17/h7-8,10,12H,3-6,9,11H2,1-2H3,(H,18,19). The van der Waals surface area contributed by atoms with Gasteiger partial charge >= 0.3 is 0 Å². The molecule has 1 amide bonds. The summed E-state index contributed by atoms with van der Waals surface area (Å²) in [5, 5.41) is 0.784. The summed E-state index contributed by atoms with van der Waals surface area (Å²) >= 11 is 1.48. The van der Waals surface area contributed by atoms with Crippen molar-refractivity contribution >= 4 is 28.7 Å². The normalized spacial score (nSPS) is 18.3. The van der Waals surface area contributed by atoms with Gasteiger partial charge in [-0.15, -0.1) is 0 Å². The van der Waals surface area contributed by atoms with Crippen molar-refractivity contribution in [2.75, 3.05) is 19.4 Å². The van der Waals surface area contributed by atoms with Gasteiger partial charge in [0.15, 0.2) is 5.16 Å². The molecule has 1 fully saturated rings. The number of carbonyl (C=O) groups is 1. The van der Waals surface area contributed by atoms with Gasteiger partial charge in [0.25, 0.3) is 0 Å². The van der Waals surface area contributed by atoms with Crippen molar-refractivity contribution < 1.29 is 9.53 Å². The number of benzene rings is 1. The number of nitrogens with one attached hydrogen (secondary N) is 1. The molecule has 5 nitrogen and oxygen atoms in total. The zero-order valence-corrected chi connectivity index (χ0v) is 14.5. The first-order valence-corrected chi connectivity index (χ1v) is 9.16. The van der Waals surface area contributed by atoms with Crippen LogP contribution in [0.2, 0.25) is 0 Å². The van der Waals surface area contributed by atoms with E-state index < -0.39 is 0 Å². The molecule has 1 saturated heterocycles. The van der Waals surface area contributed by atoms with Crippen molar-refractivity contribution in [3.8, 4) is 5.75 Å². The number of amides is 1. The number of H-pyrrole nitrogens is 1. The minimum Gasteiger partial charge on any atom is -0.497 e. The number of nitrogens with zero attached hydrogens (tertiary/aromatic N) is 2. The highest BCUT2D eigenvalue weighted by Crippen LogP contribution is 2.25. The molecule has 0 spiro atoms. The third-order valence-corrected chi connectivity index (χ3v) is 5.28. The maximum Gasteiger partial charge on any atom is 0.233 e. The molecule has 1 unspecified atom stereocenters. The summed E-state index contributed by atoms with van der Waals surface area (Å²) in [5.41, 5.74) is 1.83. The molecule has 0 radical (unpaired) electrons. The van der Waals surface area contributed by atoms with Crippen LogP contribution < -0.4 is 4.74 Å². The van der Waals surface area contributed by atoms with Gasteiger partial charge in [0.2, 0.25) is 5.91 Å². The van der Waals surface area contributed by atoms with Gasteiger partial charge in [0, 0.05) is 18.7 Å². The number of rotatable bonds is 5. The summed E-state index contributed by atoms with van der Waals surface area (Å²) < 4.78 is 5.22. The van der Waals surface area contributed by atoms with Crippen LogP contribution in [0.15, 0.2) is 23.4 Å². The summed E-state index contributed by atoms with van der Waals surface area (Å²) in [5.74, 6) is 1.46. The summed E-state index contributed by atoms with van der Waals surface area (Å²) in [6.45, 7) is 3.06. The van der Waals surface area contributed by atoms with Gasteiger partial charge < -0.3 is 14.6 Å². The number of ether oxygens (including phenoxy) is 1. The van der Waals surface area contributed by atoms with Gasteiger partial charge in [-0.3, -0.25) is 4.79 Å². The van der Waals surface area contributed by atoms with E-state index in [1.807, 2.05) is 18.2 Å². The molecular weight excluding hydrogens is 310 g/mol. The lowest BCUT2D eigenvalue weighted by Crippen LogP contribution is -2.44. The molecule has 3 rings (SSSR count).